The quantitative estimate of drug-likeness (QED) is 0.618. The molecule has 0 amide bonds. The molecule has 1 aliphatic rings. The number of nitrogens with zero attached hydrogens (tertiary/aromatic N) is 2. The number of hydrogen-bond donors (Lipinski definition) is 0. The number of hydrogen-bond acceptors (Lipinski definition) is 2. The maximum absolute atomic E-state index is 2.60. The van der Waals surface area contributed by atoms with Gasteiger partial charge in [0.25, 0.3) is 0 Å². The fraction of sp³-hybridized carbons (Fsp3) is 1.00. The molecule has 0 aliphatic carbocycles. The molecule has 72 valence electrons. The van der Waals surface area contributed by atoms with E-state index in [1.165, 1.54) is 32.6 Å². The Balaban J connectivity index is 2.51. The van der Waals surface area contributed by atoms with E-state index in [1.807, 2.05) is 0 Å². The van der Waals surface area contributed by atoms with Crippen LogP contribution in [0.3, 0.4) is 0 Å². The van der Waals surface area contributed by atoms with E-state index in [1.54, 1.807) is 0 Å². The van der Waals surface area contributed by atoms with Crippen molar-refractivity contribution in [3.8, 4) is 0 Å². The van der Waals surface area contributed by atoms with E-state index in [2.05, 4.69) is 37.6 Å². The summed E-state index contributed by atoms with van der Waals surface area (Å²) in [4.78, 5) is 5.03. The number of likely N-dealkylation sites (N-methyl/N-ethyl adjacent to an activating group) is 1. The number of rotatable bonds is 2. The maximum Gasteiger partial charge on any atom is 0.0280 e. The maximum atomic E-state index is 2.60. The van der Waals surface area contributed by atoms with Crippen molar-refractivity contribution < 1.29 is 0 Å². The third kappa shape index (κ3) is 2.20. The molecule has 0 bridgehead atoms. The molecule has 0 atom stereocenters. The summed E-state index contributed by atoms with van der Waals surface area (Å²) >= 11 is 0. The van der Waals surface area contributed by atoms with Crippen molar-refractivity contribution in [3.05, 3.63) is 0 Å². The van der Waals surface area contributed by atoms with Gasteiger partial charge < -0.3 is 4.90 Å². The SMILES string of the molecule is CCCN1CCN(C)CC1(C)C. The first-order valence-electron chi connectivity index (χ1n) is 5.00. The Hall–Kier alpha value is -0.0800. The van der Waals surface area contributed by atoms with E-state index < -0.39 is 0 Å². The van der Waals surface area contributed by atoms with Crippen LogP contribution in [0.5, 0.6) is 0 Å². The molecule has 0 spiro atoms. The van der Waals surface area contributed by atoms with Crippen molar-refractivity contribution in [2.75, 3.05) is 33.2 Å². The van der Waals surface area contributed by atoms with E-state index in [-0.39, 0.29) is 0 Å². The highest BCUT2D eigenvalue weighted by Crippen LogP contribution is 2.19. The Bertz CT molecular complexity index is 143. The van der Waals surface area contributed by atoms with Crippen LogP contribution in [-0.4, -0.2) is 48.6 Å². The normalized spacial score (nSPS) is 26.0. The molecule has 1 heterocycles. The summed E-state index contributed by atoms with van der Waals surface area (Å²) in [6.07, 6.45) is 1.27. The van der Waals surface area contributed by atoms with E-state index in [9.17, 15) is 0 Å². The van der Waals surface area contributed by atoms with E-state index >= 15 is 0 Å². The zero-order chi connectivity index (χ0) is 9.19. The van der Waals surface area contributed by atoms with Crippen LogP contribution in [0.15, 0.2) is 0 Å². The first-order valence-corrected chi connectivity index (χ1v) is 5.00. The monoisotopic (exact) mass is 170 g/mol. The van der Waals surface area contributed by atoms with Gasteiger partial charge in [-0.3, -0.25) is 4.90 Å². The van der Waals surface area contributed by atoms with Crippen LogP contribution in [0.1, 0.15) is 27.2 Å². The minimum Gasteiger partial charge on any atom is -0.303 e. The fourth-order valence-electron chi connectivity index (χ4n) is 2.12. The van der Waals surface area contributed by atoms with Gasteiger partial charge in [0.15, 0.2) is 0 Å². The van der Waals surface area contributed by atoms with Crippen LogP contribution in [-0.2, 0) is 0 Å². The van der Waals surface area contributed by atoms with Gasteiger partial charge in [-0.25, -0.2) is 0 Å². The fourth-order valence-corrected chi connectivity index (χ4v) is 2.12. The van der Waals surface area contributed by atoms with Crippen LogP contribution < -0.4 is 0 Å². The van der Waals surface area contributed by atoms with Crippen LogP contribution in [0.25, 0.3) is 0 Å². The van der Waals surface area contributed by atoms with Crippen LogP contribution in [0.4, 0.5) is 0 Å². The summed E-state index contributed by atoms with van der Waals surface area (Å²) in [5.41, 5.74) is 0.378. The molecule has 2 nitrogen and oxygen atoms in total. The van der Waals surface area contributed by atoms with Gasteiger partial charge in [-0.15, -0.1) is 0 Å². The molecule has 1 rings (SSSR count). The molecule has 1 saturated heterocycles. The summed E-state index contributed by atoms with van der Waals surface area (Å²) in [7, 11) is 2.21. The Morgan fingerprint density at radius 2 is 1.92 bits per heavy atom. The van der Waals surface area contributed by atoms with Gasteiger partial charge in [0, 0.05) is 25.2 Å². The average molecular weight is 170 g/mol. The summed E-state index contributed by atoms with van der Waals surface area (Å²) in [5, 5.41) is 0. The average Bonchev–Trinajstić information content (AvgIpc) is 1.94. The second kappa shape index (κ2) is 3.75. The molecule has 0 aromatic heterocycles. The van der Waals surface area contributed by atoms with E-state index in [0.717, 1.165) is 0 Å². The Kier molecular flexibility index (Phi) is 3.13. The lowest BCUT2D eigenvalue weighted by Crippen LogP contribution is -2.58. The molecule has 0 N–H and O–H groups in total. The molecule has 12 heavy (non-hydrogen) atoms. The van der Waals surface area contributed by atoms with Gasteiger partial charge in [0.2, 0.25) is 0 Å². The van der Waals surface area contributed by atoms with Gasteiger partial charge in [0.05, 0.1) is 0 Å². The Labute approximate surface area is 76.5 Å². The molecule has 0 aromatic rings. The lowest BCUT2D eigenvalue weighted by Gasteiger charge is -2.46. The highest BCUT2D eigenvalue weighted by molar-refractivity contribution is 4.88. The molecule has 0 radical (unpaired) electrons. The zero-order valence-corrected chi connectivity index (χ0v) is 8.93. The standard InChI is InChI=1S/C10H22N2/c1-5-6-12-8-7-11(4)9-10(12,2)3/h5-9H2,1-4H3. The van der Waals surface area contributed by atoms with Gasteiger partial charge in [-0.1, -0.05) is 6.92 Å². The lowest BCUT2D eigenvalue weighted by atomic mass is 9.99. The predicted octanol–water partition coefficient (Wildman–Crippen LogP) is 1.42. The molecule has 0 saturated carbocycles. The van der Waals surface area contributed by atoms with Gasteiger partial charge in [-0.05, 0) is 33.9 Å². The van der Waals surface area contributed by atoms with Crippen molar-refractivity contribution in [2.45, 2.75) is 32.7 Å². The van der Waals surface area contributed by atoms with Crippen LogP contribution in [0, 0.1) is 0 Å². The smallest absolute Gasteiger partial charge is 0.0280 e. The Morgan fingerprint density at radius 3 is 2.42 bits per heavy atom. The summed E-state index contributed by atoms with van der Waals surface area (Å²) < 4.78 is 0. The van der Waals surface area contributed by atoms with Gasteiger partial charge in [-0.2, -0.15) is 0 Å². The summed E-state index contributed by atoms with van der Waals surface area (Å²) in [5.74, 6) is 0. The van der Waals surface area contributed by atoms with Crippen LogP contribution >= 0.6 is 0 Å². The third-order valence-electron chi connectivity index (χ3n) is 2.76. The summed E-state index contributed by atoms with van der Waals surface area (Å²) in [6, 6.07) is 0. The first kappa shape index (κ1) is 10.0. The molecule has 1 fully saturated rings. The molecule has 1 aliphatic heterocycles. The van der Waals surface area contributed by atoms with E-state index in [0.29, 0.717) is 5.54 Å². The van der Waals surface area contributed by atoms with Crippen molar-refractivity contribution in [3.63, 3.8) is 0 Å². The van der Waals surface area contributed by atoms with E-state index in [4.69, 9.17) is 0 Å². The minimum absolute atomic E-state index is 0.378. The van der Waals surface area contributed by atoms with Crippen molar-refractivity contribution in [1.29, 1.82) is 0 Å². The largest absolute Gasteiger partial charge is 0.303 e. The van der Waals surface area contributed by atoms with Crippen molar-refractivity contribution in [2.24, 2.45) is 0 Å². The third-order valence-corrected chi connectivity index (χ3v) is 2.76. The molecule has 0 aromatic carbocycles. The molecular formula is C10H22N2. The van der Waals surface area contributed by atoms with Crippen molar-refractivity contribution in [1.82, 2.24) is 9.80 Å². The predicted molar refractivity (Wildman–Crippen MR) is 53.4 cm³/mol. The first-order chi connectivity index (χ1) is 5.56. The molecule has 0 unspecified atom stereocenters. The zero-order valence-electron chi connectivity index (χ0n) is 8.93. The highest BCUT2D eigenvalue weighted by Gasteiger charge is 2.30. The van der Waals surface area contributed by atoms with Crippen LogP contribution in [0.2, 0.25) is 0 Å². The Morgan fingerprint density at radius 1 is 1.25 bits per heavy atom. The van der Waals surface area contributed by atoms with Gasteiger partial charge in [0.1, 0.15) is 0 Å². The topological polar surface area (TPSA) is 6.48 Å². The minimum atomic E-state index is 0.378. The molecule has 2 heteroatoms. The lowest BCUT2D eigenvalue weighted by molar-refractivity contribution is 0.0320. The summed E-state index contributed by atoms with van der Waals surface area (Å²) in [6.45, 7) is 11.9. The second-order valence-electron chi connectivity index (χ2n) is 4.54. The van der Waals surface area contributed by atoms with Gasteiger partial charge >= 0.3 is 0 Å². The molecular weight excluding hydrogens is 148 g/mol. The second-order valence-corrected chi connectivity index (χ2v) is 4.54. The van der Waals surface area contributed by atoms with Crippen molar-refractivity contribution >= 4 is 0 Å². The number of piperazine rings is 1. The highest BCUT2D eigenvalue weighted by atomic mass is 15.3.